The van der Waals surface area contributed by atoms with Gasteiger partial charge in [-0.25, -0.2) is 9.59 Å². The second kappa shape index (κ2) is 11.2. The van der Waals surface area contributed by atoms with Crippen molar-refractivity contribution in [3.05, 3.63) is 35.9 Å². The summed E-state index contributed by atoms with van der Waals surface area (Å²) in [6, 6.07) is 8.39. The number of nitrogens with one attached hydrogen (secondary N) is 1. The molecule has 1 amide bonds. The molecule has 27 heavy (non-hydrogen) atoms. The van der Waals surface area contributed by atoms with Gasteiger partial charge < -0.3 is 19.9 Å². The second-order valence-electron chi connectivity index (χ2n) is 7.29. The van der Waals surface area contributed by atoms with E-state index in [1.165, 1.54) is 0 Å². The number of hydrogen-bond acceptors (Lipinski definition) is 5. The zero-order chi connectivity index (χ0) is 20.3. The maximum Gasteiger partial charge on any atom is 0.408 e. The SMILES string of the molecule is CC(C)(C)OC(=O)[C@H](CCCCCC(=O)O)NC(=O)OCc1ccccc1. The van der Waals surface area contributed by atoms with Gasteiger partial charge in [-0.1, -0.05) is 43.2 Å². The fraction of sp³-hybridized carbons (Fsp3) is 0.550. The van der Waals surface area contributed by atoms with E-state index >= 15 is 0 Å². The maximum atomic E-state index is 12.4. The number of carbonyl (C=O) groups excluding carboxylic acids is 2. The number of carboxylic acids is 1. The summed E-state index contributed by atoms with van der Waals surface area (Å²) >= 11 is 0. The van der Waals surface area contributed by atoms with E-state index < -0.39 is 29.7 Å². The van der Waals surface area contributed by atoms with Crippen molar-refractivity contribution in [3.8, 4) is 0 Å². The van der Waals surface area contributed by atoms with Crippen molar-refractivity contribution < 1.29 is 29.0 Å². The standard InChI is InChI=1S/C20H29NO6/c1-20(2,3)27-18(24)16(12-8-5-9-13-17(22)23)21-19(25)26-14-15-10-6-4-7-11-15/h4,6-7,10-11,16H,5,8-9,12-14H2,1-3H3,(H,21,25)(H,22,23)/t16-/m0/s1. The maximum absolute atomic E-state index is 12.4. The molecule has 1 aromatic rings. The normalized spacial score (nSPS) is 12.1. The van der Waals surface area contributed by atoms with E-state index in [1.807, 2.05) is 30.3 Å². The molecule has 0 bridgehead atoms. The number of alkyl carbamates (subject to hydrolysis) is 1. The molecule has 0 unspecified atom stereocenters. The summed E-state index contributed by atoms with van der Waals surface area (Å²) in [6.45, 7) is 5.36. The van der Waals surface area contributed by atoms with Crippen molar-refractivity contribution in [3.63, 3.8) is 0 Å². The number of carboxylic acid groups (broad SMARTS) is 1. The van der Waals surface area contributed by atoms with Gasteiger partial charge in [0.2, 0.25) is 0 Å². The van der Waals surface area contributed by atoms with Gasteiger partial charge in [0.25, 0.3) is 0 Å². The fourth-order valence-corrected chi connectivity index (χ4v) is 2.33. The van der Waals surface area contributed by atoms with E-state index in [4.69, 9.17) is 14.6 Å². The first-order chi connectivity index (χ1) is 12.7. The summed E-state index contributed by atoms with van der Waals surface area (Å²) in [4.78, 5) is 35.0. The van der Waals surface area contributed by atoms with Crippen LogP contribution in [0, 0.1) is 0 Å². The van der Waals surface area contributed by atoms with Crippen LogP contribution in [0.4, 0.5) is 4.79 Å². The molecule has 1 aromatic carbocycles. The Kier molecular flexibility index (Phi) is 9.33. The van der Waals surface area contributed by atoms with Gasteiger partial charge >= 0.3 is 18.0 Å². The number of unbranched alkanes of at least 4 members (excludes halogenated alkanes) is 2. The molecule has 0 radical (unpaired) electrons. The molecule has 0 aliphatic heterocycles. The summed E-state index contributed by atoms with van der Waals surface area (Å²) in [7, 11) is 0. The second-order valence-corrected chi connectivity index (χ2v) is 7.29. The van der Waals surface area contributed by atoms with E-state index in [0.29, 0.717) is 25.7 Å². The average Bonchev–Trinajstić information content (AvgIpc) is 2.57. The molecule has 7 nitrogen and oxygen atoms in total. The minimum atomic E-state index is -0.846. The van der Waals surface area contributed by atoms with Gasteiger partial charge in [-0.15, -0.1) is 0 Å². The highest BCUT2D eigenvalue weighted by molar-refractivity contribution is 5.81. The van der Waals surface area contributed by atoms with Crippen LogP contribution >= 0.6 is 0 Å². The van der Waals surface area contributed by atoms with Gasteiger partial charge in [0.05, 0.1) is 0 Å². The Bertz CT molecular complexity index is 609. The third-order valence-corrected chi connectivity index (χ3v) is 3.58. The van der Waals surface area contributed by atoms with Gasteiger partial charge in [-0.2, -0.15) is 0 Å². The molecule has 0 aromatic heterocycles. The Morgan fingerprint density at radius 1 is 1.07 bits per heavy atom. The molecule has 0 heterocycles. The van der Waals surface area contributed by atoms with Crippen LogP contribution in [0.5, 0.6) is 0 Å². The van der Waals surface area contributed by atoms with Gasteiger partial charge in [-0.3, -0.25) is 4.79 Å². The molecule has 0 fully saturated rings. The first-order valence-electron chi connectivity index (χ1n) is 9.09. The van der Waals surface area contributed by atoms with Crippen molar-refractivity contribution >= 4 is 18.0 Å². The molecule has 1 atom stereocenters. The number of amides is 1. The molecule has 0 saturated heterocycles. The predicted octanol–water partition coefficient (Wildman–Crippen LogP) is 3.66. The molecule has 150 valence electrons. The van der Waals surface area contributed by atoms with Crippen LogP contribution < -0.4 is 5.32 Å². The number of rotatable bonds is 10. The third kappa shape index (κ3) is 10.9. The third-order valence-electron chi connectivity index (χ3n) is 3.58. The molecular formula is C20H29NO6. The monoisotopic (exact) mass is 379 g/mol. The van der Waals surface area contributed by atoms with E-state index in [-0.39, 0.29) is 13.0 Å². The van der Waals surface area contributed by atoms with Gasteiger partial charge in [0.1, 0.15) is 18.2 Å². The number of benzene rings is 1. The lowest BCUT2D eigenvalue weighted by atomic mass is 10.1. The van der Waals surface area contributed by atoms with E-state index in [2.05, 4.69) is 5.32 Å². The lowest BCUT2D eigenvalue weighted by Gasteiger charge is -2.24. The summed E-state index contributed by atoms with van der Waals surface area (Å²) in [6.07, 6.45) is 1.51. The molecule has 0 saturated carbocycles. The molecule has 0 spiro atoms. The topological polar surface area (TPSA) is 102 Å². The highest BCUT2D eigenvalue weighted by Gasteiger charge is 2.26. The first-order valence-corrected chi connectivity index (χ1v) is 9.09. The Hall–Kier alpha value is -2.57. The van der Waals surface area contributed by atoms with Crippen LogP contribution in [0.2, 0.25) is 0 Å². The van der Waals surface area contributed by atoms with Crippen LogP contribution in [0.15, 0.2) is 30.3 Å². The van der Waals surface area contributed by atoms with E-state index in [1.54, 1.807) is 20.8 Å². The Labute approximate surface area is 160 Å². The highest BCUT2D eigenvalue weighted by atomic mass is 16.6. The predicted molar refractivity (Wildman–Crippen MR) is 100 cm³/mol. The number of carbonyl (C=O) groups is 3. The minimum Gasteiger partial charge on any atom is -0.481 e. The number of aliphatic carboxylic acids is 1. The molecule has 2 N–H and O–H groups in total. The van der Waals surface area contributed by atoms with Crippen molar-refractivity contribution in [1.29, 1.82) is 0 Å². The Morgan fingerprint density at radius 2 is 1.74 bits per heavy atom. The van der Waals surface area contributed by atoms with Crippen LogP contribution in [0.1, 0.15) is 58.4 Å². The molecule has 0 aliphatic rings. The minimum absolute atomic E-state index is 0.0870. The van der Waals surface area contributed by atoms with Gasteiger partial charge in [0.15, 0.2) is 0 Å². The molecular weight excluding hydrogens is 350 g/mol. The van der Waals surface area contributed by atoms with Crippen molar-refractivity contribution in [2.24, 2.45) is 0 Å². The molecule has 1 rings (SSSR count). The van der Waals surface area contributed by atoms with Crippen LogP contribution in [0.3, 0.4) is 0 Å². The van der Waals surface area contributed by atoms with Crippen molar-refractivity contribution in [2.75, 3.05) is 0 Å². The molecule has 7 heteroatoms. The lowest BCUT2D eigenvalue weighted by Crippen LogP contribution is -2.44. The zero-order valence-corrected chi connectivity index (χ0v) is 16.2. The van der Waals surface area contributed by atoms with Crippen LogP contribution in [0.25, 0.3) is 0 Å². The largest absolute Gasteiger partial charge is 0.481 e. The van der Waals surface area contributed by atoms with E-state index in [9.17, 15) is 14.4 Å². The Balaban J connectivity index is 2.53. The summed E-state index contributed by atoms with van der Waals surface area (Å²) in [5.41, 5.74) is 0.170. The summed E-state index contributed by atoms with van der Waals surface area (Å²) < 4.78 is 10.5. The average molecular weight is 379 g/mol. The molecule has 0 aliphatic carbocycles. The van der Waals surface area contributed by atoms with E-state index in [0.717, 1.165) is 5.56 Å². The first kappa shape index (κ1) is 22.5. The summed E-state index contributed by atoms with van der Waals surface area (Å²) in [5.74, 6) is -1.38. The number of hydrogen-bond donors (Lipinski definition) is 2. The lowest BCUT2D eigenvalue weighted by molar-refractivity contribution is -0.157. The van der Waals surface area contributed by atoms with Crippen molar-refractivity contribution in [2.45, 2.75) is 71.1 Å². The summed E-state index contributed by atoms with van der Waals surface area (Å²) in [5, 5.41) is 11.2. The quantitative estimate of drug-likeness (QED) is 0.475. The van der Waals surface area contributed by atoms with Crippen molar-refractivity contribution in [1.82, 2.24) is 5.32 Å². The highest BCUT2D eigenvalue weighted by Crippen LogP contribution is 2.13. The smallest absolute Gasteiger partial charge is 0.408 e. The zero-order valence-electron chi connectivity index (χ0n) is 16.2. The number of esters is 1. The Morgan fingerprint density at radius 3 is 2.33 bits per heavy atom. The van der Waals surface area contributed by atoms with Gasteiger partial charge in [-0.05, 0) is 39.2 Å². The van der Waals surface area contributed by atoms with Crippen LogP contribution in [-0.4, -0.2) is 34.8 Å². The van der Waals surface area contributed by atoms with Crippen LogP contribution in [-0.2, 0) is 25.7 Å². The fourth-order valence-electron chi connectivity index (χ4n) is 2.33. The van der Waals surface area contributed by atoms with Gasteiger partial charge in [0, 0.05) is 6.42 Å². The number of ether oxygens (including phenoxy) is 2.